The molecular formula is C6H12ClNO4. The smallest absolute Gasteiger partial charge is 0.173 e. The topological polar surface area (TPSA) is 95.9 Å². The van der Waals surface area contributed by atoms with E-state index in [4.69, 9.17) is 32.3 Å². The lowest BCUT2D eigenvalue weighted by atomic mass is 10.00. The molecule has 1 fully saturated rings. The van der Waals surface area contributed by atoms with E-state index in [1.165, 1.54) is 0 Å². The third kappa shape index (κ3) is 1.71. The summed E-state index contributed by atoms with van der Waals surface area (Å²) in [5.41, 5.74) is 5.45. The summed E-state index contributed by atoms with van der Waals surface area (Å²) in [4.78, 5) is 0. The largest absolute Gasteiger partial charge is 0.394 e. The van der Waals surface area contributed by atoms with Gasteiger partial charge in [0.25, 0.3) is 0 Å². The van der Waals surface area contributed by atoms with Crippen molar-refractivity contribution in [3.05, 3.63) is 0 Å². The molecule has 1 aliphatic rings. The Morgan fingerprint density at radius 3 is 2.50 bits per heavy atom. The molecule has 6 heteroatoms. The summed E-state index contributed by atoms with van der Waals surface area (Å²) >= 11 is 5.59. The van der Waals surface area contributed by atoms with Crippen molar-refractivity contribution >= 4 is 11.6 Å². The molecule has 5 unspecified atom stereocenters. The standard InChI is InChI=1S/C6H12ClNO4/c7-3-4(8)5(10)2(1-9)12-6(3)11/h2-6,9-11H,1,8H2. The van der Waals surface area contributed by atoms with Gasteiger partial charge in [0.05, 0.1) is 18.8 Å². The Balaban J connectivity index is 2.63. The Morgan fingerprint density at radius 2 is 2.00 bits per heavy atom. The average molecular weight is 198 g/mol. The van der Waals surface area contributed by atoms with Crippen molar-refractivity contribution in [1.29, 1.82) is 0 Å². The normalized spacial score (nSPS) is 49.2. The summed E-state index contributed by atoms with van der Waals surface area (Å²) in [5, 5.41) is 26.3. The van der Waals surface area contributed by atoms with Gasteiger partial charge in [0.15, 0.2) is 6.29 Å². The van der Waals surface area contributed by atoms with Crippen LogP contribution in [-0.2, 0) is 4.74 Å². The zero-order valence-corrected chi connectivity index (χ0v) is 7.05. The fourth-order valence-electron chi connectivity index (χ4n) is 1.11. The second kappa shape index (κ2) is 3.87. The maximum Gasteiger partial charge on any atom is 0.173 e. The number of ether oxygens (including phenoxy) is 1. The minimum absolute atomic E-state index is 0.393. The molecule has 0 aromatic rings. The summed E-state index contributed by atoms with van der Waals surface area (Å²) in [5.74, 6) is 0. The number of alkyl halides is 1. The molecule has 72 valence electrons. The Morgan fingerprint density at radius 1 is 1.42 bits per heavy atom. The van der Waals surface area contributed by atoms with E-state index in [0.717, 1.165) is 0 Å². The molecular weight excluding hydrogens is 186 g/mol. The van der Waals surface area contributed by atoms with E-state index < -0.39 is 36.5 Å². The highest BCUT2D eigenvalue weighted by Gasteiger charge is 2.41. The maximum absolute atomic E-state index is 9.32. The maximum atomic E-state index is 9.32. The summed E-state index contributed by atoms with van der Waals surface area (Å²) in [6.07, 6.45) is -3.13. The highest BCUT2D eigenvalue weighted by molar-refractivity contribution is 6.21. The highest BCUT2D eigenvalue weighted by atomic mass is 35.5. The molecule has 5 nitrogen and oxygen atoms in total. The van der Waals surface area contributed by atoms with E-state index >= 15 is 0 Å². The molecule has 0 spiro atoms. The van der Waals surface area contributed by atoms with Gasteiger partial charge < -0.3 is 25.8 Å². The molecule has 0 radical (unpaired) electrons. The predicted molar refractivity (Wildman–Crippen MR) is 41.6 cm³/mol. The minimum Gasteiger partial charge on any atom is -0.394 e. The lowest BCUT2D eigenvalue weighted by molar-refractivity contribution is -0.210. The van der Waals surface area contributed by atoms with Crippen molar-refractivity contribution in [2.45, 2.75) is 29.9 Å². The Labute approximate surface area is 74.7 Å². The van der Waals surface area contributed by atoms with Gasteiger partial charge in [0.2, 0.25) is 0 Å². The Bertz CT molecular complexity index is 154. The third-order valence-electron chi connectivity index (χ3n) is 1.91. The fourth-order valence-corrected chi connectivity index (χ4v) is 1.32. The first-order valence-electron chi connectivity index (χ1n) is 3.60. The van der Waals surface area contributed by atoms with E-state index in [9.17, 15) is 5.11 Å². The van der Waals surface area contributed by atoms with Gasteiger partial charge >= 0.3 is 0 Å². The monoisotopic (exact) mass is 197 g/mol. The Hall–Kier alpha value is 0.0900. The van der Waals surface area contributed by atoms with Crippen LogP contribution in [0.25, 0.3) is 0 Å². The van der Waals surface area contributed by atoms with E-state index in [1.54, 1.807) is 0 Å². The van der Waals surface area contributed by atoms with Gasteiger partial charge in [-0.2, -0.15) is 0 Å². The molecule has 5 N–H and O–H groups in total. The van der Waals surface area contributed by atoms with Gasteiger partial charge in [-0.15, -0.1) is 11.6 Å². The van der Waals surface area contributed by atoms with Crippen LogP contribution < -0.4 is 5.73 Å². The van der Waals surface area contributed by atoms with Crippen LogP contribution in [0, 0.1) is 0 Å². The number of hydrogen-bond donors (Lipinski definition) is 4. The van der Waals surface area contributed by atoms with E-state index in [2.05, 4.69) is 0 Å². The molecule has 1 aliphatic heterocycles. The quantitative estimate of drug-likeness (QED) is 0.365. The van der Waals surface area contributed by atoms with E-state index in [1.807, 2.05) is 0 Å². The number of halogens is 1. The van der Waals surface area contributed by atoms with Gasteiger partial charge in [-0.05, 0) is 0 Å². The molecule has 0 aliphatic carbocycles. The van der Waals surface area contributed by atoms with Crippen molar-refractivity contribution in [2.24, 2.45) is 5.73 Å². The molecule has 5 atom stereocenters. The average Bonchev–Trinajstić information content (AvgIpc) is 2.08. The summed E-state index contributed by atoms with van der Waals surface area (Å²) in [6.45, 7) is -0.393. The van der Waals surface area contributed by atoms with Gasteiger partial charge in [0.1, 0.15) is 11.5 Å². The number of aliphatic hydroxyl groups is 3. The molecule has 1 rings (SSSR count). The summed E-state index contributed by atoms with van der Waals surface area (Å²) in [6, 6.07) is -0.785. The summed E-state index contributed by atoms with van der Waals surface area (Å²) in [7, 11) is 0. The van der Waals surface area contributed by atoms with Crippen molar-refractivity contribution in [1.82, 2.24) is 0 Å². The molecule has 0 aromatic carbocycles. The summed E-state index contributed by atoms with van der Waals surface area (Å²) < 4.78 is 4.77. The number of hydrogen-bond acceptors (Lipinski definition) is 5. The van der Waals surface area contributed by atoms with Crippen LogP contribution in [0.3, 0.4) is 0 Å². The lowest BCUT2D eigenvalue weighted by Gasteiger charge is -2.37. The van der Waals surface area contributed by atoms with Crippen LogP contribution in [0.2, 0.25) is 0 Å². The zero-order chi connectivity index (χ0) is 9.30. The second-order valence-corrected chi connectivity index (χ2v) is 3.26. The lowest BCUT2D eigenvalue weighted by Crippen LogP contribution is -2.60. The first-order chi connectivity index (χ1) is 5.57. The van der Waals surface area contributed by atoms with Crippen LogP contribution in [-0.4, -0.2) is 51.8 Å². The van der Waals surface area contributed by atoms with E-state index in [0.29, 0.717) is 0 Å². The third-order valence-corrected chi connectivity index (χ3v) is 2.42. The molecule has 1 saturated heterocycles. The molecule has 1 heterocycles. The zero-order valence-electron chi connectivity index (χ0n) is 6.30. The molecule has 0 amide bonds. The van der Waals surface area contributed by atoms with Gasteiger partial charge in [-0.25, -0.2) is 0 Å². The van der Waals surface area contributed by atoms with Crippen molar-refractivity contribution in [3.63, 3.8) is 0 Å². The van der Waals surface area contributed by atoms with Crippen LogP contribution in [0.4, 0.5) is 0 Å². The fraction of sp³-hybridized carbons (Fsp3) is 1.00. The van der Waals surface area contributed by atoms with Crippen LogP contribution >= 0.6 is 11.6 Å². The first kappa shape index (κ1) is 10.2. The van der Waals surface area contributed by atoms with E-state index in [-0.39, 0.29) is 0 Å². The Kier molecular flexibility index (Phi) is 3.28. The van der Waals surface area contributed by atoms with Gasteiger partial charge in [-0.3, -0.25) is 0 Å². The molecule has 0 bridgehead atoms. The van der Waals surface area contributed by atoms with Crippen LogP contribution in [0.15, 0.2) is 0 Å². The van der Waals surface area contributed by atoms with Crippen LogP contribution in [0.5, 0.6) is 0 Å². The number of aliphatic hydroxyl groups excluding tert-OH is 3. The van der Waals surface area contributed by atoms with Crippen LogP contribution in [0.1, 0.15) is 0 Å². The van der Waals surface area contributed by atoms with Crippen molar-refractivity contribution < 1.29 is 20.1 Å². The number of nitrogens with two attached hydrogens (primary N) is 1. The number of rotatable bonds is 1. The van der Waals surface area contributed by atoms with Gasteiger partial charge in [-0.1, -0.05) is 0 Å². The minimum atomic E-state index is -1.23. The first-order valence-corrected chi connectivity index (χ1v) is 4.03. The van der Waals surface area contributed by atoms with Gasteiger partial charge in [0, 0.05) is 0 Å². The molecule has 0 aromatic heterocycles. The highest BCUT2D eigenvalue weighted by Crippen LogP contribution is 2.21. The van der Waals surface area contributed by atoms with Crippen molar-refractivity contribution in [3.8, 4) is 0 Å². The second-order valence-electron chi connectivity index (χ2n) is 2.76. The molecule has 12 heavy (non-hydrogen) atoms. The SMILES string of the molecule is NC1C(O)C(CO)OC(O)C1Cl. The molecule has 0 saturated carbocycles. The predicted octanol–water partition coefficient (Wildman–Crippen LogP) is -2.01. The van der Waals surface area contributed by atoms with Crippen molar-refractivity contribution in [2.75, 3.05) is 6.61 Å².